The molecule has 0 aliphatic carbocycles. The van der Waals surface area contributed by atoms with Gasteiger partial charge in [0.2, 0.25) is 0 Å². The van der Waals surface area contributed by atoms with E-state index in [-0.39, 0.29) is 11.5 Å². The molecule has 0 radical (unpaired) electrons. The molecule has 23 heavy (non-hydrogen) atoms. The third-order valence-corrected chi connectivity index (χ3v) is 6.04. The van der Waals surface area contributed by atoms with Gasteiger partial charge < -0.3 is 9.72 Å². The summed E-state index contributed by atoms with van der Waals surface area (Å²) in [6.45, 7) is 6.08. The summed E-state index contributed by atoms with van der Waals surface area (Å²) in [7, 11) is -3.48. The predicted molar refractivity (Wildman–Crippen MR) is 86.3 cm³/mol. The lowest BCUT2D eigenvalue weighted by Gasteiger charge is -2.28. The van der Waals surface area contributed by atoms with Gasteiger partial charge in [-0.05, 0) is 6.42 Å². The lowest BCUT2D eigenvalue weighted by Crippen LogP contribution is -2.46. The summed E-state index contributed by atoms with van der Waals surface area (Å²) in [6, 6.07) is 1.44. The largest absolute Gasteiger partial charge is 0.380 e. The molecule has 1 aromatic heterocycles. The second kappa shape index (κ2) is 8.00. The van der Waals surface area contributed by atoms with Crippen LogP contribution in [0, 0.1) is 5.92 Å². The molecule has 1 atom stereocenters. The minimum Gasteiger partial charge on any atom is -0.380 e. The lowest BCUT2D eigenvalue weighted by atomic mass is 10.0. The Bertz CT molecular complexity index is 657. The van der Waals surface area contributed by atoms with E-state index in [1.54, 1.807) is 0 Å². The number of ether oxygens (including phenoxy) is 1. The number of hydrogen-bond acceptors (Lipinski definition) is 5. The van der Waals surface area contributed by atoms with Crippen molar-refractivity contribution in [3.63, 3.8) is 0 Å². The maximum absolute atomic E-state index is 12.7. The maximum Gasteiger partial charge on any atom is 0.282 e. The Morgan fingerprint density at radius 2 is 2.17 bits per heavy atom. The summed E-state index contributed by atoms with van der Waals surface area (Å²) in [6.07, 6.45) is 1.87. The number of nitrogens with one attached hydrogen (secondary N) is 1. The number of aromatic nitrogens is 2. The van der Waals surface area contributed by atoms with Crippen molar-refractivity contribution in [3.05, 3.63) is 28.4 Å². The Morgan fingerprint density at radius 3 is 2.83 bits per heavy atom. The number of rotatable bonds is 6. The fourth-order valence-corrected chi connectivity index (χ4v) is 4.39. The summed E-state index contributed by atoms with van der Waals surface area (Å²) in [4.78, 5) is 18.0. The molecule has 0 saturated carbocycles. The van der Waals surface area contributed by atoms with Crippen LogP contribution < -0.4 is 5.56 Å². The van der Waals surface area contributed by atoms with Crippen LogP contribution in [0.2, 0.25) is 0 Å². The third kappa shape index (κ3) is 4.60. The van der Waals surface area contributed by atoms with Gasteiger partial charge in [-0.25, -0.2) is 4.98 Å². The van der Waals surface area contributed by atoms with Gasteiger partial charge in [0.15, 0.2) is 0 Å². The molecule has 1 fully saturated rings. The van der Waals surface area contributed by atoms with Crippen LogP contribution in [-0.4, -0.2) is 66.4 Å². The van der Waals surface area contributed by atoms with Crippen molar-refractivity contribution < 1.29 is 13.2 Å². The van der Waals surface area contributed by atoms with Gasteiger partial charge in [0.1, 0.15) is 0 Å². The quantitative estimate of drug-likeness (QED) is 0.774. The Kier molecular flexibility index (Phi) is 6.28. The average molecular weight is 344 g/mol. The van der Waals surface area contributed by atoms with E-state index in [4.69, 9.17) is 4.74 Å². The molecule has 0 spiro atoms. The van der Waals surface area contributed by atoms with Gasteiger partial charge in [0, 0.05) is 43.9 Å². The molecule has 2 rings (SSSR count). The van der Waals surface area contributed by atoms with Crippen LogP contribution in [0.4, 0.5) is 0 Å². The van der Waals surface area contributed by atoms with Crippen LogP contribution in [0.1, 0.15) is 19.5 Å². The number of nitrogens with zero attached hydrogens (tertiary/aromatic N) is 3. The van der Waals surface area contributed by atoms with E-state index in [1.807, 2.05) is 13.8 Å². The van der Waals surface area contributed by atoms with E-state index in [1.165, 1.54) is 21.0 Å². The van der Waals surface area contributed by atoms with Gasteiger partial charge in [-0.15, -0.1) is 0 Å². The second-order valence-corrected chi connectivity index (χ2v) is 7.43. The molecule has 0 aromatic carbocycles. The first-order valence-electron chi connectivity index (χ1n) is 7.84. The van der Waals surface area contributed by atoms with Crippen molar-refractivity contribution in [1.82, 2.24) is 18.6 Å². The highest BCUT2D eigenvalue weighted by atomic mass is 32.2. The van der Waals surface area contributed by atoms with Crippen LogP contribution in [0.25, 0.3) is 0 Å². The molecule has 1 aliphatic rings. The van der Waals surface area contributed by atoms with Crippen molar-refractivity contribution in [1.29, 1.82) is 0 Å². The number of H-pyrrole nitrogens is 1. The van der Waals surface area contributed by atoms with E-state index in [2.05, 4.69) is 9.97 Å². The molecule has 1 saturated heterocycles. The maximum atomic E-state index is 12.7. The molecule has 1 unspecified atom stereocenters. The minimum atomic E-state index is -3.48. The van der Waals surface area contributed by atoms with E-state index < -0.39 is 10.2 Å². The summed E-state index contributed by atoms with van der Waals surface area (Å²) in [5.41, 5.74) is 0.432. The van der Waals surface area contributed by atoms with Gasteiger partial charge in [-0.2, -0.15) is 17.0 Å². The number of aromatic amines is 1. The zero-order valence-corrected chi connectivity index (χ0v) is 14.4. The molecule has 0 amide bonds. The minimum absolute atomic E-state index is 0.0304. The van der Waals surface area contributed by atoms with Crippen LogP contribution >= 0.6 is 0 Å². The molecule has 9 heteroatoms. The normalized spacial score (nSPS) is 20.6. The second-order valence-electron chi connectivity index (χ2n) is 5.50. The Morgan fingerprint density at radius 1 is 1.43 bits per heavy atom. The SMILES string of the molecule is CCN(CC)S(=O)(=O)N1CCOCC(Cc2cc(=O)[nH]cn2)C1. The first-order chi connectivity index (χ1) is 11.0. The monoisotopic (exact) mass is 344 g/mol. The van der Waals surface area contributed by atoms with E-state index in [0.717, 1.165) is 0 Å². The van der Waals surface area contributed by atoms with Crippen molar-refractivity contribution in [2.75, 3.05) is 39.4 Å². The highest BCUT2D eigenvalue weighted by Gasteiger charge is 2.31. The van der Waals surface area contributed by atoms with Gasteiger partial charge in [-0.3, -0.25) is 4.79 Å². The molecule has 130 valence electrons. The Balaban J connectivity index is 2.13. The molecule has 8 nitrogen and oxygen atoms in total. The summed E-state index contributed by atoms with van der Waals surface area (Å²) in [5, 5.41) is 0. The van der Waals surface area contributed by atoms with Crippen molar-refractivity contribution in [2.24, 2.45) is 5.92 Å². The first-order valence-corrected chi connectivity index (χ1v) is 9.23. The third-order valence-electron chi connectivity index (χ3n) is 3.89. The van der Waals surface area contributed by atoms with Gasteiger partial charge in [0.05, 0.1) is 19.5 Å². The zero-order valence-electron chi connectivity index (χ0n) is 13.6. The smallest absolute Gasteiger partial charge is 0.282 e. The molecule has 1 N–H and O–H groups in total. The fraction of sp³-hybridized carbons (Fsp3) is 0.714. The zero-order chi connectivity index (χ0) is 16.9. The number of hydrogen-bond donors (Lipinski definition) is 1. The molecule has 1 aliphatic heterocycles. The van der Waals surface area contributed by atoms with E-state index >= 15 is 0 Å². The van der Waals surface area contributed by atoms with Crippen molar-refractivity contribution >= 4 is 10.2 Å². The lowest BCUT2D eigenvalue weighted by molar-refractivity contribution is 0.122. The fourth-order valence-electron chi connectivity index (χ4n) is 2.71. The summed E-state index contributed by atoms with van der Waals surface area (Å²) < 4.78 is 33.8. The highest BCUT2D eigenvalue weighted by molar-refractivity contribution is 7.86. The topological polar surface area (TPSA) is 95.6 Å². The van der Waals surface area contributed by atoms with Crippen LogP contribution in [-0.2, 0) is 21.4 Å². The van der Waals surface area contributed by atoms with Crippen molar-refractivity contribution in [2.45, 2.75) is 20.3 Å². The summed E-state index contributed by atoms with van der Waals surface area (Å²) in [5.74, 6) is -0.0304. The van der Waals surface area contributed by atoms with Gasteiger partial charge >= 0.3 is 0 Å². The molecule has 0 bridgehead atoms. The van der Waals surface area contributed by atoms with Crippen LogP contribution in [0.5, 0.6) is 0 Å². The van der Waals surface area contributed by atoms with Crippen LogP contribution in [0.15, 0.2) is 17.2 Å². The Hall–Kier alpha value is -1.29. The Labute approximate surface area is 136 Å². The molecular weight excluding hydrogens is 320 g/mol. The van der Waals surface area contributed by atoms with Crippen molar-refractivity contribution in [3.8, 4) is 0 Å². The average Bonchev–Trinajstić information content (AvgIpc) is 2.74. The molecule has 2 heterocycles. The standard InChI is InChI=1S/C14H24N4O4S/c1-3-17(4-2)23(20,21)18-5-6-22-10-12(9-18)7-13-8-14(19)16-11-15-13/h8,11-12H,3-7,9-10H2,1-2H3,(H,15,16,19). The van der Waals surface area contributed by atoms with Gasteiger partial charge in [0.25, 0.3) is 15.8 Å². The van der Waals surface area contributed by atoms with E-state index in [9.17, 15) is 13.2 Å². The highest BCUT2D eigenvalue weighted by Crippen LogP contribution is 2.17. The molecule has 1 aromatic rings. The predicted octanol–water partition coefficient (Wildman–Crippen LogP) is -0.153. The summed E-state index contributed by atoms with van der Waals surface area (Å²) >= 11 is 0. The molecular formula is C14H24N4O4S. The van der Waals surface area contributed by atoms with Gasteiger partial charge in [-0.1, -0.05) is 13.8 Å². The van der Waals surface area contributed by atoms with E-state index in [0.29, 0.717) is 51.5 Å². The van der Waals surface area contributed by atoms with Crippen LogP contribution in [0.3, 0.4) is 0 Å². The first kappa shape index (κ1) is 18.1.